The predicted molar refractivity (Wildman–Crippen MR) is 127 cm³/mol. The van der Waals surface area contributed by atoms with Crippen molar-refractivity contribution in [3.8, 4) is 0 Å². The molecule has 0 aliphatic carbocycles. The highest BCUT2D eigenvalue weighted by atomic mass is 32.1. The van der Waals surface area contributed by atoms with E-state index in [1.807, 2.05) is 39.0 Å². The summed E-state index contributed by atoms with van der Waals surface area (Å²) < 4.78 is 5.22. The van der Waals surface area contributed by atoms with Gasteiger partial charge in [0.2, 0.25) is 0 Å². The highest BCUT2D eigenvalue weighted by Gasteiger charge is 2.34. The first-order valence-electron chi connectivity index (χ1n) is 11.2. The summed E-state index contributed by atoms with van der Waals surface area (Å²) in [7, 11) is 0. The number of carbonyl (C=O) groups excluding carboxylic acids is 2. The van der Waals surface area contributed by atoms with Crippen molar-refractivity contribution < 1.29 is 19.2 Å². The number of benzene rings is 1. The van der Waals surface area contributed by atoms with Gasteiger partial charge in [-0.15, -0.1) is 5.06 Å². The molecule has 176 valence electrons. The number of ether oxygens (including phenoxy) is 1. The van der Waals surface area contributed by atoms with Gasteiger partial charge in [0.25, 0.3) is 5.91 Å². The topological polar surface area (TPSA) is 84.0 Å². The van der Waals surface area contributed by atoms with E-state index in [1.54, 1.807) is 11.3 Å². The van der Waals surface area contributed by atoms with E-state index in [1.165, 1.54) is 28.0 Å². The Bertz CT molecular complexity index is 1010. The quantitative estimate of drug-likeness (QED) is 0.374. The van der Waals surface area contributed by atoms with Crippen molar-refractivity contribution in [1.82, 2.24) is 15.4 Å². The fraction of sp³-hybridized carbons (Fsp3) is 0.458. The summed E-state index contributed by atoms with van der Waals surface area (Å²) in [5.41, 5.74) is 3.14. The molecule has 0 bridgehead atoms. The molecule has 0 atom stereocenters. The first kappa shape index (κ1) is 23.3. The van der Waals surface area contributed by atoms with Crippen LogP contribution in [0.1, 0.15) is 42.4 Å². The SMILES string of the molecule is CC(C)(C)OC(=O)ON1CC2=C(C1)CN(c1ncc(C(=O)NCCCc3ccccc3)s1)C2. The van der Waals surface area contributed by atoms with Crippen LogP contribution >= 0.6 is 11.3 Å². The van der Waals surface area contributed by atoms with Crippen molar-refractivity contribution in [1.29, 1.82) is 0 Å². The van der Waals surface area contributed by atoms with Crippen LogP contribution in [0.2, 0.25) is 0 Å². The molecule has 0 saturated carbocycles. The average molecular weight is 471 g/mol. The molecule has 1 amide bonds. The third-order valence-electron chi connectivity index (χ3n) is 5.35. The molecular formula is C24H30N4O4S. The molecular weight excluding hydrogens is 440 g/mol. The van der Waals surface area contributed by atoms with Gasteiger partial charge >= 0.3 is 6.16 Å². The van der Waals surface area contributed by atoms with Crippen molar-refractivity contribution in [2.45, 2.75) is 39.2 Å². The van der Waals surface area contributed by atoms with Crippen LogP contribution in [0.15, 0.2) is 47.7 Å². The number of carbonyl (C=O) groups is 2. The van der Waals surface area contributed by atoms with Crippen LogP contribution in [-0.2, 0) is 16.0 Å². The average Bonchev–Trinajstić information content (AvgIpc) is 3.45. The number of amides is 1. The maximum atomic E-state index is 12.5. The summed E-state index contributed by atoms with van der Waals surface area (Å²) >= 11 is 1.41. The molecule has 0 radical (unpaired) electrons. The van der Waals surface area contributed by atoms with E-state index in [9.17, 15) is 9.59 Å². The van der Waals surface area contributed by atoms with Crippen LogP contribution in [0.3, 0.4) is 0 Å². The lowest BCUT2D eigenvalue weighted by Gasteiger charge is -2.23. The number of nitrogens with one attached hydrogen (secondary N) is 1. The van der Waals surface area contributed by atoms with E-state index in [2.05, 4.69) is 27.3 Å². The van der Waals surface area contributed by atoms with Crippen LogP contribution in [0, 0.1) is 0 Å². The molecule has 2 aliphatic heterocycles. The lowest BCUT2D eigenvalue weighted by Crippen LogP contribution is -2.34. The second kappa shape index (κ2) is 9.93. The van der Waals surface area contributed by atoms with Crippen molar-refractivity contribution in [2.75, 3.05) is 37.6 Å². The molecule has 3 heterocycles. The zero-order valence-electron chi connectivity index (χ0n) is 19.3. The van der Waals surface area contributed by atoms with Crippen LogP contribution < -0.4 is 10.2 Å². The number of hydrogen-bond acceptors (Lipinski definition) is 8. The number of aromatic nitrogens is 1. The molecule has 33 heavy (non-hydrogen) atoms. The number of aryl methyl sites for hydroxylation is 1. The van der Waals surface area contributed by atoms with E-state index in [-0.39, 0.29) is 5.91 Å². The van der Waals surface area contributed by atoms with Gasteiger partial charge in [0.15, 0.2) is 5.13 Å². The van der Waals surface area contributed by atoms with E-state index < -0.39 is 11.8 Å². The predicted octanol–water partition coefficient (Wildman–Crippen LogP) is 3.80. The Morgan fingerprint density at radius 1 is 1.09 bits per heavy atom. The second-order valence-corrected chi connectivity index (χ2v) is 10.3. The second-order valence-electron chi connectivity index (χ2n) is 9.27. The molecule has 1 aromatic carbocycles. The smallest absolute Gasteiger partial charge is 0.427 e. The highest BCUT2D eigenvalue weighted by Crippen LogP contribution is 2.32. The highest BCUT2D eigenvalue weighted by molar-refractivity contribution is 7.17. The Morgan fingerprint density at radius 2 is 1.79 bits per heavy atom. The van der Waals surface area contributed by atoms with Gasteiger partial charge in [-0.25, -0.2) is 9.78 Å². The molecule has 9 heteroatoms. The number of rotatable bonds is 7. The van der Waals surface area contributed by atoms with Crippen molar-refractivity contribution in [3.05, 3.63) is 58.1 Å². The van der Waals surface area contributed by atoms with Crippen molar-refractivity contribution in [3.63, 3.8) is 0 Å². The number of hydroxylamine groups is 2. The first-order chi connectivity index (χ1) is 15.8. The monoisotopic (exact) mass is 470 g/mol. The van der Waals surface area contributed by atoms with Crippen LogP contribution in [0.5, 0.6) is 0 Å². The third-order valence-corrected chi connectivity index (χ3v) is 6.41. The minimum Gasteiger partial charge on any atom is -0.427 e. The van der Waals surface area contributed by atoms with Gasteiger partial charge in [0.05, 0.1) is 19.3 Å². The Kier molecular flexibility index (Phi) is 6.99. The maximum Gasteiger partial charge on any atom is 0.528 e. The zero-order valence-corrected chi connectivity index (χ0v) is 20.1. The van der Waals surface area contributed by atoms with Gasteiger partial charge in [-0.05, 0) is 50.3 Å². The van der Waals surface area contributed by atoms with Crippen LogP contribution in [0.25, 0.3) is 0 Å². The van der Waals surface area contributed by atoms with Gasteiger partial charge in [0.1, 0.15) is 10.5 Å². The Morgan fingerprint density at radius 3 is 2.45 bits per heavy atom. The largest absolute Gasteiger partial charge is 0.528 e. The fourth-order valence-corrected chi connectivity index (χ4v) is 4.69. The first-order valence-corrected chi connectivity index (χ1v) is 12.0. The molecule has 0 saturated heterocycles. The fourth-order valence-electron chi connectivity index (χ4n) is 3.86. The molecule has 0 fully saturated rings. The summed E-state index contributed by atoms with van der Waals surface area (Å²) in [6.07, 6.45) is 2.80. The molecule has 2 aliphatic rings. The number of hydrogen-bond donors (Lipinski definition) is 1. The maximum absolute atomic E-state index is 12.5. The molecule has 1 aromatic heterocycles. The molecule has 0 unspecified atom stereocenters. The summed E-state index contributed by atoms with van der Waals surface area (Å²) in [4.78, 5) is 36.9. The molecule has 4 rings (SSSR count). The molecule has 1 N–H and O–H groups in total. The Labute approximate surface area is 198 Å². The lowest BCUT2D eigenvalue weighted by molar-refractivity contribution is -0.128. The summed E-state index contributed by atoms with van der Waals surface area (Å²) in [5.74, 6) is -0.0801. The van der Waals surface area contributed by atoms with E-state index >= 15 is 0 Å². The zero-order chi connectivity index (χ0) is 23.4. The van der Waals surface area contributed by atoms with Crippen LogP contribution in [0.4, 0.5) is 9.93 Å². The number of anilines is 1. The summed E-state index contributed by atoms with van der Waals surface area (Å²) in [6.45, 7) is 8.61. The van der Waals surface area contributed by atoms with Crippen molar-refractivity contribution in [2.24, 2.45) is 0 Å². The van der Waals surface area contributed by atoms with E-state index in [0.717, 1.165) is 31.1 Å². The molecule has 2 aromatic rings. The van der Waals surface area contributed by atoms with Gasteiger partial charge in [-0.1, -0.05) is 41.7 Å². The number of nitrogens with zero attached hydrogens (tertiary/aromatic N) is 3. The normalized spacial score (nSPS) is 16.2. The Hall–Kier alpha value is -2.91. The summed E-state index contributed by atoms with van der Waals surface area (Å²) in [5, 5.41) is 5.45. The third kappa shape index (κ3) is 6.33. The van der Waals surface area contributed by atoms with Crippen LogP contribution in [-0.4, -0.2) is 60.4 Å². The lowest BCUT2D eigenvalue weighted by atomic mass is 10.1. The van der Waals surface area contributed by atoms with Gasteiger partial charge in [-0.3, -0.25) is 4.79 Å². The van der Waals surface area contributed by atoms with E-state index in [4.69, 9.17) is 9.57 Å². The van der Waals surface area contributed by atoms with Gasteiger partial charge in [0, 0.05) is 19.6 Å². The van der Waals surface area contributed by atoms with Gasteiger partial charge < -0.3 is 19.8 Å². The standard InChI is InChI=1S/C24H30N4O4S/c1-24(2,3)31-23(30)32-28-15-18-13-27(14-19(18)16-28)22-26-12-20(33-22)21(29)25-11-7-10-17-8-5-4-6-9-17/h4-6,8-9,12H,7,10-11,13-16H2,1-3H3,(H,25,29). The Balaban J connectivity index is 1.20. The minimum atomic E-state index is -0.681. The molecule has 8 nitrogen and oxygen atoms in total. The summed E-state index contributed by atoms with van der Waals surface area (Å²) in [6, 6.07) is 10.3. The molecule has 0 spiro atoms. The van der Waals surface area contributed by atoms with E-state index in [0.29, 0.717) is 24.5 Å². The van der Waals surface area contributed by atoms with Crippen molar-refractivity contribution >= 4 is 28.5 Å². The number of thiazole rings is 1. The van der Waals surface area contributed by atoms with Gasteiger partial charge in [-0.2, -0.15) is 0 Å². The minimum absolute atomic E-state index is 0.0801.